The minimum Gasteiger partial charge on any atom is -0.495 e. The molecular weight excluding hydrogens is 290 g/mol. The van der Waals surface area contributed by atoms with Gasteiger partial charge in [0.25, 0.3) is 0 Å². The Hall–Kier alpha value is -2.57. The van der Waals surface area contributed by atoms with Gasteiger partial charge in [0, 0.05) is 6.42 Å². The van der Waals surface area contributed by atoms with Gasteiger partial charge in [-0.05, 0) is 38.5 Å². The van der Waals surface area contributed by atoms with Crippen molar-refractivity contribution in [1.82, 2.24) is 0 Å². The maximum absolute atomic E-state index is 11.7. The predicted molar refractivity (Wildman–Crippen MR) is 79.2 cm³/mol. The lowest BCUT2D eigenvalue weighted by molar-refractivity contribution is -0.148. The average Bonchev–Trinajstić information content (AvgIpc) is 2.38. The molecule has 0 aliphatic carbocycles. The first-order chi connectivity index (χ1) is 10.1. The van der Waals surface area contributed by atoms with Gasteiger partial charge >= 0.3 is 12.1 Å². The third kappa shape index (κ3) is 5.43. The summed E-state index contributed by atoms with van der Waals surface area (Å²) in [7, 11) is 1.40. The van der Waals surface area contributed by atoms with Crippen LogP contribution in [0, 0.1) is 0 Å². The quantitative estimate of drug-likeness (QED) is 0.809. The van der Waals surface area contributed by atoms with Crippen LogP contribution in [-0.2, 0) is 20.7 Å². The third-order valence-electron chi connectivity index (χ3n) is 2.50. The first-order valence-corrected chi connectivity index (χ1v) is 6.55. The van der Waals surface area contributed by atoms with Crippen LogP contribution in [0.4, 0.5) is 10.5 Å². The van der Waals surface area contributed by atoms with E-state index < -0.39 is 23.4 Å². The van der Waals surface area contributed by atoms with Crippen molar-refractivity contribution in [2.24, 2.45) is 0 Å². The SMILES string of the molecule is COc1cc(CC(=O)C(=O)O)ccc1NC(=O)OC(C)(C)C. The van der Waals surface area contributed by atoms with E-state index in [-0.39, 0.29) is 6.42 Å². The summed E-state index contributed by atoms with van der Waals surface area (Å²) in [6, 6.07) is 4.55. The standard InChI is InChI=1S/C15H19NO6/c1-15(2,3)22-14(20)16-10-6-5-9(8-12(10)21-4)7-11(17)13(18)19/h5-6,8H,7H2,1-4H3,(H,16,20)(H,18,19). The Bertz CT molecular complexity index is 588. The monoisotopic (exact) mass is 309 g/mol. The molecule has 0 aliphatic heterocycles. The zero-order chi connectivity index (χ0) is 16.9. The van der Waals surface area contributed by atoms with Crippen LogP contribution in [0.1, 0.15) is 26.3 Å². The van der Waals surface area contributed by atoms with E-state index in [1.165, 1.54) is 25.3 Å². The zero-order valence-electron chi connectivity index (χ0n) is 12.9. The highest BCUT2D eigenvalue weighted by Gasteiger charge is 2.18. The first kappa shape index (κ1) is 17.5. The van der Waals surface area contributed by atoms with Crippen LogP contribution < -0.4 is 10.1 Å². The van der Waals surface area contributed by atoms with E-state index in [4.69, 9.17) is 14.6 Å². The molecule has 120 valence electrons. The molecule has 0 fully saturated rings. The van der Waals surface area contributed by atoms with E-state index in [1.54, 1.807) is 20.8 Å². The van der Waals surface area contributed by atoms with Crippen LogP contribution in [0.5, 0.6) is 5.75 Å². The van der Waals surface area contributed by atoms with Gasteiger partial charge in [0.05, 0.1) is 12.8 Å². The summed E-state index contributed by atoms with van der Waals surface area (Å²) in [5, 5.41) is 11.1. The van der Waals surface area contributed by atoms with Gasteiger partial charge in [0.2, 0.25) is 5.78 Å². The summed E-state index contributed by atoms with van der Waals surface area (Å²) in [6.45, 7) is 5.22. The van der Waals surface area contributed by atoms with Crippen molar-refractivity contribution in [2.45, 2.75) is 32.8 Å². The Labute approximate surface area is 128 Å². The maximum atomic E-state index is 11.7. The van der Waals surface area contributed by atoms with Crippen LogP contribution >= 0.6 is 0 Å². The number of hydrogen-bond acceptors (Lipinski definition) is 5. The Kier molecular flexibility index (Phi) is 5.50. The van der Waals surface area contributed by atoms with E-state index in [9.17, 15) is 14.4 Å². The molecule has 0 aliphatic rings. The Morgan fingerprint density at radius 1 is 1.23 bits per heavy atom. The number of anilines is 1. The fraction of sp³-hybridized carbons (Fsp3) is 0.400. The molecule has 0 radical (unpaired) electrons. The summed E-state index contributed by atoms with van der Waals surface area (Å²) in [4.78, 5) is 33.5. The van der Waals surface area contributed by atoms with E-state index in [0.717, 1.165) is 0 Å². The molecule has 0 saturated carbocycles. The molecule has 7 heteroatoms. The normalized spacial score (nSPS) is 10.7. The first-order valence-electron chi connectivity index (χ1n) is 6.55. The minimum atomic E-state index is -1.49. The summed E-state index contributed by atoms with van der Waals surface area (Å²) in [5.74, 6) is -2.11. The molecule has 1 amide bonds. The highest BCUT2D eigenvalue weighted by Crippen LogP contribution is 2.26. The molecular formula is C15H19NO6. The van der Waals surface area contributed by atoms with Crippen molar-refractivity contribution in [3.05, 3.63) is 23.8 Å². The predicted octanol–water partition coefficient (Wildman–Crippen LogP) is 2.24. The number of amides is 1. The average molecular weight is 309 g/mol. The van der Waals surface area contributed by atoms with Gasteiger partial charge in [0.1, 0.15) is 11.4 Å². The Balaban J connectivity index is 2.87. The number of ketones is 1. The van der Waals surface area contributed by atoms with Gasteiger partial charge in [-0.3, -0.25) is 10.1 Å². The molecule has 0 heterocycles. The van der Waals surface area contributed by atoms with Crippen molar-refractivity contribution in [3.8, 4) is 5.75 Å². The van der Waals surface area contributed by atoms with E-state index in [1.807, 2.05) is 0 Å². The maximum Gasteiger partial charge on any atom is 0.412 e. The Morgan fingerprint density at radius 2 is 1.86 bits per heavy atom. The topological polar surface area (TPSA) is 102 Å². The molecule has 0 spiro atoms. The molecule has 0 aromatic heterocycles. The smallest absolute Gasteiger partial charge is 0.412 e. The number of methoxy groups -OCH3 is 1. The van der Waals surface area contributed by atoms with Crippen LogP contribution in [-0.4, -0.2) is 35.7 Å². The molecule has 0 atom stereocenters. The second-order valence-electron chi connectivity index (χ2n) is 5.57. The molecule has 22 heavy (non-hydrogen) atoms. The number of carboxylic acid groups (broad SMARTS) is 1. The van der Waals surface area contributed by atoms with Gasteiger partial charge in [-0.1, -0.05) is 6.07 Å². The Morgan fingerprint density at radius 3 is 2.36 bits per heavy atom. The molecule has 0 bridgehead atoms. The summed E-state index contributed by atoms with van der Waals surface area (Å²) < 4.78 is 10.3. The number of hydrogen-bond donors (Lipinski definition) is 2. The zero-order valence-corrected chi connectivity index (χ0v) is 12.9. The van der Waals surface area contributed by atoms with Crippen LogP contribution in [0.2, 0.25) is 0 Å². The van der Waals surface area contributed by atoms with Gasteiger partial charge in [-0.25, -0.2) is 9.59 Å². The molecule has 2 N–H and O–H groups in total. The number of ether oxygens (including phenoxy) is 2. The van der Waals surface area contributed by atoms with Crippen molar-refractivity contribution in [1.29, 1.82) is 0 Å². The molecule has 0 saturated heterocycles. The summed E-state index contributed by atoms with van der Waals surface area (Å²) in [5.41, 5.74) is 0.202. The van der Waals surface area contributed by atoms with Crippen molar-refractivity contribution >= 4 is 23.5 Å². The molecule has 0 unspecified atom stereocenters. The second-order valence-corrected chi connectivity index (χ2v) is 5.57. The van der Waals surface area contributed by atoms with Crippen molar-refractivity contribution in [2.75, 3.05) is 12.4 Å². The molecule has 1 aromatic carbocycles. The molecule has 1 aromatic rings. The third-order valence-corrected chi connectivity index (χ3v) is 2.50. The number of aliphatic carboxylic acids is 1. The number of rotatable bonds is 5. The largest absolute Gasteiger partial charge is 0.495 e. The van der Waals surface area contributed by atoms with Gasteiger partial charge < -0.3 is 14.6 Å². The van der Waals surface area contributed by atoms with Gasteiger partial charge in [-0.2, -0.15) is 0 Å². The van der Waals surface area contributed by atoms with Gasteiger partial charge in [-0.15, -0.1) is 0 Å². The number of carboxylic acids is 1. The van der Waals surface area contributed by atoms with Crippen LogP contribution in [0.3, 0.4) is 0 Å². The highest BCUT2D eigenvalue weighted by molar-refractivity contribution is 6.33. The number of benzene rings is 1. The van der Waals surface area contributed by atoms with Crippen molar-refractivity contribution in [3.63, 3.8) is 0 Å². The molecule has 7 nitrogen and oxygen atoms in total. The lowest BCUT2D eigenvalue weighted by Crippen LogP contribution is -2.27. The number of nitrogens with one attached hydrogen (secondary N) is 1. The second kappa shape index (κ2) is 6.93. The molecule has 1 rings (SSSR count). The van der Waals surface area contributed by atoms with E-state index in [0.29, 0.717) is 17.0 Å². The highest BCUT2D eigenvalue weighted by atomic mass is 16.6. The number of carbonyl (C=O) groups is 3. The summed E-state index contributed by atoms with van der Waals surface area (Å²) in [6.07, 6.45) is -0.890. The minimum absolute atomic E-state index is 0.252. The lowest BCUT2D eigenvalue weighted by atomic mass is 10.1. The fourth-order valence-corrected chi connectivity index (χ4v) is 1.62. The van der Waals surface area contributed by atoms with E-state index >= 15 is 0 Å². The number of Topliss-reactive ketones (excluding diaryl/α,β-unsaturated/α-hetero) is 1. The number of carbonyl (C=O) groups excluding carboxylic acids is 2. The lowest BCUT2D eigenvalue weighted by Gasteiger charge is -2.20. The van der Waals surface area contributed by atoms with Crippen molar-refractivity contribution < 1.29 is 29.0 Å². The summed E-state index contributed by atoms with van der Waals surface area (Å²) >= 11 is 0. The van der Waals surface area contributed by atoms with Gasteiger partial charge in [0.15, 0.2) is 0 Å². The van der Waals surface area contributed by atoms with Crippen LogP contribution in [0.25, 0.3) is 0 Å². The van der Waals surface area contributed by atoms with Crippen LogP contribution in [0.15, 0.2) is 18.2 Å². The fourth-order valence-electron chi connectivity index (χ4n) is 1.62. The van der Waals surface area contributed by atoms with E-state index in [2.05, 4.69) is 5.32 Å².